The first-order valence-electron chi connectivity index (χ1n) is 6.65. The van der Waals surface area contributed by atoms with Crippen LogP contribution >= 0.6 is 31.9 Å². The third kappa shape index (κ3) is 4.32. The van der Waals surface area contributed by atoms with Crippen LogP contribution in [-0.2, 0) is 13.0 Å². The number of hydrogen-bond acceptors (Lipinski definition) is 5. The molecule has 0 fully saturated rings. The number of nitrogens with zero attached hydrogens (tertiary/aromatic N) is 4. The van der Waals surface area contributed by atoms with Gasteiger partial charge in [0.25, 0.3) is 0 Å². The van der Waals surface area contributed by atoms with Gasteiger partial charge in [0.2, 0.25) is 0 Å². The molecule has 0 saturated heterocycles. The Hall–Kier alpha value is -0.830. The second-order valence-electron chi connectivity index (χ2n) is 5.20. The van der Waals surface area contributed by atoms with E-state index in [1.807, 2.05) is 10.7 Å². The minimum atomic E-state index is -0.136. The van der Waals surface area contributed by atoms with Crippen LogP contribution < -0.4 is 11.3 Å². The Morgan fingerprint density at radius 1 is 1.33 bits per heavy atom. The fraction of sp³-hybridized carbons (Fsp3) is 0.462. The van der Waals surface area contributed by atoms with Gasteiger partial charge in [0.1, 0.15) is 12.2 Å². The van der Waals surface area contributed by atoms with Crippen molar-refractivity contribution in [1.29, 1.82) is 0 Å². The lowest BCUT2D eigenvalue weighted by molar-refractivity contribution is 0.443. The Morgan fingerprint density at radius 3 is 2.71 bits per heavy atom. The standard InChI is InChI=1S/C13H18Br2N6/c1-8(2)6-21-12(18-7-19-21)4-11(20-16)13-10(15)3-9(14)5-17-13/h3,5,7-8,11,20H,4,6,16H2,1-2H3. The molecule has 0 spiro atoms. The summed E-state index contributed by atoms with van der Waals surface area (Å²) in [4.78, 5) is 8.76. The molecule has 8 heteroatoms. The van der Waals surface area contributed by atoms with Crippen LogP contribution in [0, 0.1) is 5.92 Å². The first-order chi connectivity index (χ1) is 10.0. The second-order valence-corrected chi connectivity index (χ2v) is 6.97. The molecule has 1 atom stereocenters. The van der Waals surface area contributed by atoms with E-state index < -0.39 is 0 Å². The van der Waals surface area contributed by atoms with Gasteiger partial charge in [-0.25, -0.2) is 9.67 Å². The number of rotatable bonds is 6. The smallest absolute Gasteiger partial charge is 0.138 e. The summed E-state index contributed by atoms with van der Waals surface area (Å²) in [7, 11) is 0. The average Bonchev–Trinajstić information content (AvgIpc) is 2.83. The Balaban J connectivity index is 2.21. The molecule has 0 aliphatic rings. The van der Waals surface area contributed by atoms with Gasteiger partial charge in [0, 0.05) is 28.1 Å². The largest absolute Gasteiger partial charge is 0.271 e. The monoisotopic (exact) mass is 416 g/mol. The highest BCUT2D eigenvalue weighted by molar-refractivity contribution is 9.11. The van der Waals surface area contributed by atoms with Crippen molar-refractivity contribution in [3.63, 3.8) is 0 Å². The molecule has 2 rings (SSSR count). The van der Waals surface area contributed by atoms with Gasteiger partial charge in [-0.05, 0) is 43.8 Å². The summed E-state index contributed by atoms with van der Waals surface area (Å²) in [5.41, 5.74) is 3.66. The van der Waals surface area contributed by atoms with Gasteiger partial charge in [-0.2, -0.15) is 5.10 Å². The van der Waals surface area contributed by atoms with Crippen LogP contribution in [0.2, 0.25) is 0 Å². The molecule has 0 amide bonds. The molecule has 0 bridgehead atoms. The van der Waals surface area contributed by atoms with Crippen molar-refractivity contribution < 1.29 is 0 Å². The van der Waals surface area contributed by atoms with Gasteiger partial charge in [-0.3, -0.25) is 16.3 Å². The van der Waals surface area contributed by atoms with Crippen LogP contribution in [0.4, 0.5) is 0 Å². The summed E-state index contributed by atoms with van der Waals surface area (Å²) < 4.78 is 3.73. The lowest BCUT2D eigenvalue weighted by Gasteiger charge is -2.17. The lowest BCUT2D eigenvalue weighted by Crippen LogP contribution is -2.31. The van der Waals surface area contributed by atoms with Crippen molar-refractivity contribution in [1.82, 2.24) is 25.2 Å². The fourth-order valence-electron chi connectivity index (χ4n) is 2.04. The van der Waals surface area contributed by atoms with Crippen LogP contribution in [0.15, 0.2) is 27.5 Å². The maximum atomic E-state index is 5.70. The minimum absolute atomic E-state index is 0.136. The van der Waals surface area contributed by atoms with Crippen LogP contribution in [0.1, 0.15) is 31.4 Å². The summed E-state index contributed by atoms with van der Waals surface area (Å²) >= 11 is 6.92. The normalized spacial score (nSPS) is 12.9. The van der Waals surface area contributed by atoms with Gasteiger partial charge in [0.05, 0.1) is 11.7 Å². The SMILES string of the molecule is CC(C)Cn1ncnc1CC(NN)c1ncc(Br)cc1Br. The second kappa shape index (κ2) is 7.44. The van der Waals surface area contributed by atoms with E-state index in [4.69, 9.17) is 5.84 Å². The summed E-state index contributed by atoms with van der Waals surface area (Å²) in [6.45, 7) is 5.13. The van der Waals surface area contributed by atoms with Crippen molar-refractivity contribution in [3.05, 3.63) is 39.1 Å². The van der Waals surface area contributed by atoms with Crippen LogP contribution in [-0.4, -0.2) is 19.7 Å². The van der Waals surface area contributed by atoms with Gasteiger partial charge < -0.3 is 0 Å². The molecular weight excluding hydrogens is 400 g/mol. The third-order valence-corrected chi connectivity index (χ3v) is 4.06. The third-order valence-electron chi connectivity index (χ3n) is 2.99. The summed E-state index contributed by atoms with van der Waals surface area (Å²) in [6, 6.07) is 1.81. The molecule has 114 valence electrons. The van der Waals surface area contributed by atoms with Crippen molar-refractivity contribution in [2.24, 2.45) is 11.8 Å². The lowest BCUT2D eigenvalue weighted by atomic mass is 10.1. The van der Waals surface area contributed by atoms with Crippen molar-refractivity contribution in [2.75, 3.05) is 0 Å². The summed E-state index contributed by atoms with van der Waals surface area (Å²) in [5.74, 6) is 7.10. The van der Waals surface area contributed by atoms with E-state index in [1.165, 1.54) is 0 Å². The zero-order valence-electron chi connectivity index (χ0n) is 11.9. The fourth-order valence-corrected chi connectivity index (χ4v) is 3.31. The molecule has 0 aliphatic carbocycles. The summed E-state index contributed by atoms with van der Waals surface area (Å²) in [5, 5.41) is 4.27. The number of aromatic nitrogens is 4. The van der Waals surface area contributed by atoms with E-state index in [9.17, 15) is 0 Å². The molecule has 0 radical (unpaired) electrons. The predicted molar refractivity (Wildman–Crippen MR) is 88.3 cm³/mol. The Labute approximate surface area is 140 Å². The molecule has 2 aromatic heterocycles. The highest BCUT2D eigenvalue weighted by atomic mass is 79.9. The maximum absolute atomic E-state index is 5.70. The van der Waals surface area contributed by atoms with E-state index in [0.29, 0.717) is 12.3 Å². The van der Waals surface area contributed by atoms with Crippen molar-refractivity contribution >= 4 is 31.9 Å². The topological polar surface area (TPSA) is 81.7 Å². The van der Waals surface area contributed by atoms with Crippen molar-refractivity contribution in [3.8, 4) is 0 Å². The number of hydrogen-bond donors (Lipinski definition) is 2. The maximum Gasteiger partial charge on any atom is 0.138 e. The van der Waals surface area contributed by atoms with Crippen LogP contribution in [0.25, 0.3) is 0 Å². The van der Waals surface area contributed by atoms with Crippen LogP contribution in [0.3, 0.4) is 0 Å². The quantitative estimate of drug-likeness (QED) is 0.557. The van der Waals surface area contributed by atoms with Crippen molar-refractivity contribution in [2.45, 2.75) is 32.9 Å². The minimum Gasteiger partial charge on any atom is -0.271 e. The molecule has 6 nitrogen and oxygen atoms in total. The first kappa shape index (κ1) is 16.5. The van der Waals surface area contributed by atoms with Gasteiger partial charge in [-0.1, -0.05) is 13.8 Å². The molecule has 0 aliphatic heterocycles. The molecule has 2 heterocycles. The molecule has 21 heavy (non-hydrogen) atoms. The van der Waals surface area contributed by atoms with E-state index in [0.717, 1.165) is 27.0 Å². The van der Waals surface area contributed by atoms with Gasteiger partial charge >= 0.3 is 0 Å². The molecular formula is C13H18Br2N6. The number of pyridine rings is 1. The zero-order valence-corrected chi connectivity index (χ0v) is 15.1. The number of nitrogens with one attached hydrogen (secondary N) is 1. The molecule has 3 N–H and O–H groups in total. The van der Waals surface area contributed by atoms with E-state index in [-0.39, 0.29) is 6.04 Å². The molecule has 1 unspecified atom stereocenters. The molecule has 0 saturated carbocycles. The van der Waals surface area contributed by atoms with Gasteiger partial charge in [0.15, 0.2) is 0 Å². The Kier molecular flexibility index (Phi) is 5.86. The average molecular weight is 418 g/mol. The van der Waals surface area contributed by atoms with Gasteiger partial charge in [-0.15, -0.1) is 0 Å². The van der Waals surface area contributed by atoms with E-state index >= 15 is 0 Å². The summed E-state index contributed by atoms with van der Waals surface area (Å²) in [6.07, 6.45) is 3.95. The van der Waals surface area contributed by atoms with E-state index in [1.54, 1.807) is 12.5 Å². The predicted octanol–water partition coefficient (Wildman–Crippen LogP) is 2.60. The number of halogens is 2. The van der Waals surface area contributed by atoms with E-state index in [2.05, 4.69) is 66.2 Å². The molecule has 2 aromatic rings. The Bertz CT molecular complexity index is 598. The highest BCUT2D eigenvalue weighted by Crippen LogP contribution is 2.26. The zero-order chi connectivity index (χ0) is 15.4. The number of hydrazine groups is 1. The first-order valence-corrected chi connectivity index (χ1v) is 8.23. The van der Waals surface area contributed by atoms with Crippen LogP contribution in [0.5, 0.6) is 0 Å². The molecule has 0 aromatic carbocycles. The Morgan fingerprint density at radius 2 is 2.10 bits per heavy atom. The number of nitrogens with two attached hydrogens (primary N) is 1. The highest BCUT2D eigenvalue weighted by Gasteiger charge is 2.19.